The van der Waals surface area contributed by atoms with Gasteiger partial charge in [-0.05, 0) is 33.1 Å². The van der Waals surface area contributed by atoms with Crippen molar-refractivity contribution in [1.82, 2.24) is 5.32 Å². The molecule has 6 nitrogen and oxygen atoms in total. The Kier molecular flexibility index (Phi) is 7.51. The summed E-state index contributed by atoms with van der Waals surface area (Å²) in [6, 6.07) is -0.394. The minimum Gasteiger partial charge on any atom is -0.444 e. The lowest BCUT2D eigenvalue weighted by Crippen LogP contribution is -2.42. The Balaban J connectivity index is 4.56. The average molecular weight is 309 g/mol. The molecule has 0 saturated heterocycles. The maximum Gasteiger partial charge on any atom is 0.407 e. The van der Waals surface area contributed by atoms with Crippen LogP contribution in [0, 0.1) is 5.92 Å². The molecule has 2 atom stereocenters. The van der Waals surface area contributed by atoms with E-state index in [2.05, 4.69) is 5.32 Å². The van der Waals surface area contributed by atoms with E-state index in [9.17, 15) is 13.2 Å². The predicted octanol–water partition coefficient (Wildman–Crippen LogP) is 2.29. The normalized spacial score (nSPS) is 15.5. The molecular weight excluding hydrogens is 282 g/mol. The highest BCUT2D eigenvalue weighted by Crippen LogP contribution is 2.12. The van der Waals surface area contributed by atoms with Crippen molar-refractivity contribution in [3.63, 3.8) is 0 Å². The van der Waals surface area contributed by atoms with Crippen LogP contribution in [0.15, 0.2) is 0 Å². The van der Waals surface area contributed by atoms with E-state index in [-0.39, 0.29) is 6.61 Å². The first-order valence-corrected chi connectivity index (χ1v) is 8.58. The molecular formula is C13H27NO5S. The lowest BCUT2D eigenvalue weighted by Gasteiger charge is -2.24. The fraction of sp³-hybridized carbons (Fsp3) is 0.923. The maximum absolute atomic E-state index is 11.7. The van der Waals surface area contributed by atoms with E-state index >= 15 is 0 Å². The number of amides is 1. The smallest absolute Gasteiger partial charge is 0.407 e. The molecule has 0 spiro atoms. The van der Waals surface area contributed by atoms with E-state index in [0.29, 0.717) is 12.3 Å². The second kappa shape index (κ2) is 7.83. The van der Waals surface area contributed by atoms with Gasteiger partial charge in [0, 0.05) is 0 Å². The van der Waals surface area contributed by atoms with Crippen molar-refractivity contribution in [2.24, 2.45) is 5.92 Å². The fourth-order valence-corrected chi connectivity index (χ4v) is 1.91. The molecule has 7 heteroatoms. The molecule has 0 fully saturated rings. The molecule has 120 valence electrons. The van der Waals surface area contributed by atoms with Crippen LogP contribution >= 0.6 is 0 Å². The first kappa shape index (κ1) is 19.2. The average Bonchev–Trinajstić information content (AvgIpc) is 2.21. The van der Waals surface area contributed by atoms with Gasteiger partial charge in [-0.3, -0.25) is 4.18 Å². The Morgan fingerprint density at radius 2 is 1.85 bits per heavy atom. The van der Waals surface area contributed by atoms with Crippen LogP contribution in [0.4, 0.5) is 4.79 Å². The molecule has 0 rings (SSSR count). The van der Waals surface area contributed by atoms with Gasteiger partial charge in [0.05, 0.1) is 18.9 Å². The van der Waals surface area contributed by atoms with Crippen LogP contribution in [0.2, 0.25) is 0 Å². The number of hydrogen-bond donors (Lipinski definition) is 1. The second-order valence-corrected chi connectivity index (χ2v) is 7.72. The summed E-state index contributed by atoms with van der Waals surface area (Å²) in [6.45, 7) is 9.29. The van der Waals surface area contributed by atoms with Crippen molar-refractivity contribution in [1.29, 1.82) is 0 Å². The van der Waals surface area contributed by atoms with Crippen molar-refractivity contribution in [3.8, 4) is 0 Å². The van der Waals surface area contributed by atoms with Gasteiger partial charge in [0.25, 0.3) is 10.1 Å². The minimum absolute atomic E-state index is 0.0809. The highest BCUT2D eigenvalue weighted by atomic mass is 32.2. The van der Waals surface area contributed by atoms with Crippen molar-refractivity contribution in [2.75, 3.05) is 12.9 Å². The molecule has 0 radical (unpaired) electrons. The van der Waals surface area contributed by atoms with Crippen molar-refractivity contribution in [3.05, 3.63) is 0 Å². The molecule has 0 aliphatic heterocycles. The third kappa shape index (κ3) is 11.0. The van der Waals surface area contributed by atoms with Crippen LogP contribution in [0.5, 0.6) is 0 Å². The van der Waals surface area contributed by atoms with Crippen LogP contribution in [0.1, 0.15) is 47.5 Å². The third-order valence-electron chi connectivity index (χ3n) is 2.59. The van der Waals surface area contributed by atoms with Gasteiger partial charge in [-0.1, -0.05) is 20.3 Å². The van der Waals surface area contributed by atoms with Crippen LogP contribution < -0.4 is 5.32 Å². The van der Waals surface area contributed by atoms with Gasteiger partial charge in [-0.2, -0.15) is 8.42 Å². The summed E-state index contributed by atoms with van der Waals surface area (Å²) >= 11 is 0. The van der Waals surface area contributed by atoms with E-state index in [0.717, 1.165) is 12.7 Å². The van der Waals surface area contributed by atoms with E-state index < -0.39 is 27.9 Å². The Morgan fingerprint density at radius 1 is 1.30 bits per heavy atom. The summed E-state index contributed by atoms with van der Waals surface area (Å²) < 4.78 is 32.0. The summed E-state index contributed by atoms with van der Waals surface area (Å²) in [5.74, 6) is 0.345. The van der Waals surface area contributed by atoms with Crippen molar-refractivity contribution in [2.45, 2.75) is 59.1 Å². The Labute approximate surface area is 122 Å². The molecule has 0 unspecified atom stereocenters. The number of rotatable bonds is 7. The highest BCUT2D eigenvalue weighted by molar-refractivity contribution is 7.85. The van der Waals surface area contributed by atoms with Crippen LogP contribution in [-0.2, 0) is 19.0 Å². The Morgan fingerprint density at radius 3 is 2.25 bits per heavy atom. The molecule has 0 aliphatic rings. The summed E-state index contributed by atoms with van der Waals surface area (Å²) in [5, 5.41) is 2.66. The van der Waals surface area contributed by atoms with Crippen molar-refractivity contribution < 1.29 is 22.1 Å². The lowest BCUT2D eigenvalue weighted by molar-refractivity contribution is 0.0479. The van der Waals surface area contributed by atoms with Crippen molar-refractivity contribution >= 4 is 16.2 Å². The monoisotopic (exact) mass is 309 g/mol. The van der Waals surface area contributed by atoms with E-state index in [1.165, 1.54) is 0 Å². The topological polar surface area (TPSA) is 81.7 Å². The maximum atomic E-state index is 11.7. The zero-order chi connectivity index (χ0) is 16.0. The minimum atomic E-state index is -3.52. The predicted molar refractivity (Wildman–Crippen MR) is 78.0 cm³/mol. The van der Waals surface area contributed by atoms with Gasteiger partial charge in [0.15, 0.2) is 0 Å². The molecule has 0 aromatic carbocycles. The highest BCUT2D eigenvalue weighted by Gasteiger charge is 2.21. The number of carbonyl (C=O) groups excluding carboxylic acids is 1. The number of carbonyl (C=O) groups is 1. The zero-order valence-corrected chi connectivity index (χ0v) is 14.0. The first-order valence-electron chi connectivity index (χ1n) is 6.77. The summed E-state index contributed by atoms with van der Waals surface area (Å²) in [6.07, 6.45) is 1.99. The number of hydrogen-bond acceptors (Lipinski definition) is 5. The molecule has 0 aromatic heterocycles. The van der Waals surface area contributed by atoms with Crippen LogP contribution in [-0.4, -0.2) is 39.0 Å². The lowest BCUT2D eigenvalue weighted by atomic mass is 10.00. The van der Waals surface area contributed by atoms with Gasteiger partial charge < -0.3 is 10.1 Å². The van der Waals surface area contributed by atoms with E-state index in [4.69, 9.17) is 8.92 Å². The van der Waals surface area contributed by atoms with Gasteiger partial charge >= 0.3 is 6.09 Å². The van der Waals surface area contributed by atoms with E-state index in [1.807, 2.05) is 13.8 Å². The Bertz CT molecular complexity index is 399. The molecule has 20 heavy (non-hydrogen) atoms. The first-order chi connectivity index (χ1) is 8.93. The zero-order valence-electron chi connectivity index (χ0n) is 13.2. The van der Waals surface area contributed by atoms with Gasteiger partial charge in [-0.25, -0.2) is 4.79 Å². The van der Waals surface area contributed by atoms with E-state index in [1.54, 1.807) is 20.8 Å². The molecule has 1 N–H and O–H groups in total. The summed E-state index contributed by atoms with van der Waals surface area (Å²) in [5.41, 5.74) is -0.595. The molecule has 1 amide bonds. The molecule has 0 heterocycles. The number of nitrogens with one attached hydrogen (secondary N) is 1. The molecule has 0 bridgehead atoms. The Hall–Kier alpha value is -0.820. The van der Waals surface area contributed by atoms with Crippen LogP contribution in [0.25, 0.3) is 0 Å². The summed E-state index contributed by atoms with van der Waals surface area (Å²) in [4.78, 5) is 11.7. The number of alkyl carbamates (subject to hydrolysis) is 1. The fourth-order valence-electron chi connectivity index (χ4n) is 1.50. The standard InChI is InChI=1S/C13H27NO5S/c1-7-10(2)8-11(9-18-20(6,16)17)14-12(15)19-13(3,4)5/h10-11H,7-9H2,1-6H3,(H,14,15)/t10-,11-/m0/s1. The van der Waals surface area contributed by atoms with Gasteiger partial charge in [0.2, 0.25) is 0 Å². The largest absolute Gasteiger partial charge is 0.444 e. The summed E-state index contributed by atoms with van der Waals surface area (Å²) in [7, 11) is -3.52. The molecule has 0 saturated carbocycles. The SMILES string of the molecule is CC[C@H](C)C[C@@H](COS(C)(=O)=O)NC(=O)OC(C)(C)C. The molecule has 0 aromatic rings. The quantitative estimate of drug-likeness (QED) is 0.730. The van der Waals surface area contributed by atoms with Crippen LogP contribution in [0.3, 0.4) is 0 Å². The second-order valence-electron chi connectivity index (χ2n) is 6.08. The van der Waals surface area contributed by atoms with Gasteiger partial charge in [0.1, 0.15) is 5.60 Å². The third-order valence-corrected chi connectivity index (χ3v) is 3.15. The van der Waals surface area contributed by atoms with Gasteiger partial charge in [-0.15, -0.1) is 0 Å². The molecule has 0 aliphatic carbocycles. The number of ether oxygens (including phenoxy) is 1.